The summed E-state index contributed by atoms with van der Waals surface area (Å²) in [7, 11) is 0. The average molecular weight is 463 g/mol. The van der Waals surface area contributed by atoms with Gasteiger partial charge < -0.3 is 20.5 Å². The maximum atomic E-state index is 12.3. The van der Waals surface area contributed by atoms with E-state index in [9.17, 15) is 19.5 Å². The zero-order valence-corrected chi connectivity index (χ0v) is 19.6. The monoisotopic (exact) mass is 462 g/mol. The summed E-state index contributed by atoms with van der Waals surface area (Å²) in [5, 5.41) is 14.4. The number of fused-ring (bicyclic) bond motifs is 3. The predicted octanol–water partition coefficient (Wildman–Crippen LogP) is 4.40. The lowest BCUT2D eigenvalue weighted by molar-refractivity contribution is -0.141. The van der Waals surface area contributed by atoms with Crippen LogP contribution in [0.4, 0.5) is 4.79 Å². The minimum absolute atomic E-state index is 0.0324. The number of alkyl carbamates (subject to hydrolysis) is 1. The fourth-order valence-electron chi connectivity index (χ4n) is 3.88. The molecule has 1 atom stereocenters. The summed E-state index contributed by atoms with van der Waals surface area (Å²) in [6.07, 6.45) is 2.90. The number of rotatable bonds is 9. The average Bonchev–Trinajstić information content (AvgIpc) is 3.13. The van der Waals surface area contributed by atoms with Crippen LogP contribution in [0.2, 0.25) is 0 Å². The van der Waals surface area contributed by atoms with Crippen molar-refractivity contribution in [2.24, 2.45) is 0 Å². The molecule has 7 nitrogen and oxygen atoms in total. The molecule has 0 aromatic heterocycles. The van der Waals surface area contributed by atoms with Crippen LogP contribution in [0, 0.1) is 0 Å². The number of hydrogen-bond donors (Lipinski definition) is 3. The normalized spacial score (nSPS) is 13.3. The molecule has 0 fully saturated rings. The van der Waals surface area contributed by atoms with Crippen LogP contribution in [0.5, 0.6) is 0 Å². The number of nitrogens with one attached hydrogen (secondary N) is 2. The van der Waals surface area contributed by atoms with Crippen LogP contribution in [-0.2, 0) is 14.3 Å². The minimum Gasteiger partial charge on any atom is -0.480 e. The van der Waals surface area contributed by atoms with Gasteiger partial charge >= 0.3 is 12.1 Å². The molecule has 2 amide bonds. The topological polar surface area (TPSA) is 105 Å². The molecule has 2 aromatic carbocycles. The van der Waals surface area contributed by atoms with Crippen LogP contribution in [0.1, 0.15) is 44.2 Å². The van der Waals surface area contributed by atoms with Crippen LogP contribution in [-0.4, -0.2) is 42.3 Å². The van der Waals surface area contributed by atoms with Gasteiger partial charge in [0.25, 0.3) is 0 Å². The third kappa shape index (κ3) is 6.13. The SMILES string of the molecule is CC(C)=CCC(NC(=O)/C(C)=C/CNC(=O)OCC1c2ccccc2-c2ccccc21)C(=O)O. The van der Waals surface area contributed by atoms with Crippen LogP contribution in [0.15, 0.2) is 71.8 Å². The van der Waals surface area contributed by atoms with Crippen molar-refractivity contribution in [3.05, 3.63) is 83.0 Å². The highest BCUT2D eigenvalue weighted by atomic mass is 16.5. The quantitative estimate of drug-likeness (QED) is 0.379. The summed E-state index contributed by atoms with van der Waals surface area (Å²) in [6.45, 7) is 5.58. The van der Waals surface area contributed by atoms with Crippen molar-refractivity contribution >= 4 is 18.0 Å². The van der Waals surface area contributed by atoms with Gasteiger partial charge in [-0.3, -0.25) is 4.79 Å². The number of ether oxygens (including phenoxy) is 1. The molecule has 7 heteroatoms. The summed E-state index contributed by atoms with van der Waals surface area (Å²) in [6, 6.07) is 15.2. The standard InChI is InChI=1S/C27H30N2O5/c1-17(2)12-13-24(26(31)32)29-25(30)18(3)14-15-28-27(33)34-16-23-21-10-6-4-8-19(21)20-9-5-7-11-22(20)23/h4-12,14,23-24H,13,15-16H2,1-3H3,(H,28,33)(H,29,30)(H,31,32)/b18-14+. The molecule has 34 heavy (non-hydrogen) atoms. The Kier molecular flexibility index (Phi) is 8.24. The first-order valence-corrected chi connectivity index (χ1v) is 11.2. The van der Waals surface area contributed by atoms with E-state index >= 15 is 0 Å². The number of carboxylic acids is 1. The number of amides is 2. The number of benzene rings is 2. The van der Waals surface area contributed by atoms with Crippen LogP contribution < -0.4 is 10.6 Å². The molecule has 0 saturated heterocycles. The Balaban J connectivity index is 1.51. The lowest BCUT2D eigenvalue weighted by atomic mass is 9.98. The van der Waals surface area contributed by atoms with E-state index in [0.717, 1.165) is 27.8 Å². The molecule has 0 heterocycles. The molecule has 1 aliphatic rings. The first-order chi connectivity index (χ1) is 16.3. The van der Waals surface area contributed by atoms with E-state index in [1.54, 1.807) is 13.0 Å². The Morgan fingerprint density at radius 1 is 0.971 bits per heavy atom. The van der Waals surface area contributed by atoms with Crippen molar-refractivity contribution in [2.45, 2.75) is 39.2 Å². The van der Waals surface area contributed by atoms with E-state index in [4.69, 9.17) is 4.74 Å². The van der Waals surface area contributed by atoms with Crippen LogP contribution in [0.3, 0.4) is 0 Å². The Bertz CT molecular complexity index is 1090. The first kappa shape index (κ1) is 24.8. The Labute approximate surface area is 199 Å². The van der Waals surface area contributed by atoms with E-state index in [1.165, 1.54) is 6.08 Å². The fraction of sp³-hybridized carbons (Fsp3) is 0.296. The van der Waals surface area contributed by atoms with Gasteiger partial charge in [-0.15, -0.1) is 0 Å². The van der Waals surface area contributed by atoms with Gasteiger partial charge in [-0.05, 0) is 49.4 Å². The van der Waals surface area contributed by atoms with E-state index in [0.29, 0.717) is 5.57 Å². The summed E-state index contributed by atoms with van der Waals surface area (Å²) in [4.78, 5) is 35.9. The third-order valence-corrected chi connectivity index (χ3v) is 5.72. The molecule has 0 aliphatic heterocycles. The van der Waals surface area contributed by atoms with Gasteiger partial charge in [0, 0.05) is 18.0 Å². The molecule has 3 N–H and O–H groups in total. The molecule has 2 aromatic rings. The van der Waals surface area contributed by atoms with Gasteiger partial charge in [-0.25, -0.2) is 9.59 Å². The minimum atomic E-state index is -1.10. The Hall–Kier alpha value is -3.87. The maximum Gasteiger partial charge on any atom is 0.407 e. The second kappa shape index (κ2) is 11.3. The molecule has 1 aliphatic carbocycles. The fourth-order valence-corrected chi connectivity index (χ4v) is 3.88. The lowest BCUT2D eigenvalue weighted by Gasteiger charge is -2.14. The summed E-state index contributed by atoms with van der Waals surface area (Å²) >= 11 is 0. The first-order valence-electron chi connectivity index (χ1n) is 11.2. The summed E-state index contributed by atoms with van der Waals surface area (Å²) < 4.78 is 5.47. The zero-order chi connectivity index (χ0) is 24.7. The van der Waals surface area contributed by atoms with E-state index in [-0.39, 0.29) is 25.5 Å². The summed E-state index contributed by atoms with van der Waals surface area (Å²) in [5.41, 5.74) is 5.85. The highest BCUT2D eigenvalue weighted by molar-refractivity contribution is 5.95. The van der Waals surface area contributed by atoms with E-state index in [2.05, 4.69) is 22.8 Å². The molecule has 1 unspecified atom stereocenters. The second-order valence-corrected chi connectivity index (χ2v) is 8.48. The highest BCUT2D eigenvalue weighted by Gasteiger charge is 2.29. The van der Waals surface area contributed by atoms with Crippen LogP contribution >= 0.6 is 0 Å². The molecule has 0 radical (unpaired) electrons. The van der Waals surface area contributed by atoms with Gasteiger partial charge in [0.15, 0.2) is 0 Å². The molecule has 0 spiro atoms. The number of carbonyl (C=O) groups is 3. The number of carboxylic acid groups (broad SMARTS) is 1. The number of hydrogen-bond acceptors (Lipinski definition) is 4. The van der Waals surface area contributed by atoms with Gasteiger partial charge in [0.1, 0.15) is 12.6 Å². The highest BCUT2D eigenvalue weighted by Crippen LogP contribution is 2.44. The molecule has 3 rings (SSSR count). The van der Waals surface area contributed by atoms with Gasteiger partial charge in [0.2, 0.25) is 5.91 Å². The van der Waals surface area contributed by atoms with Gasteiger partial charge in [-0.2, -0.15) is 0 Å². The third-order valence-electron chi connectivity index (χ3n) is 5.72. The lowest BCUT2D eigenvalue weighted by Crippen LogP contribution is -2.41. The van der Waals surface area contributed by atoms with Crippen molar-refractivity contribution in [3.63, 3.8) is 0 Å². The van der Waals surface area contributed by atoms with E-state index in [1.807, 2.05) is 50.2 Å². The van der Waals surface area contributed by atoms with Crippen molar-refractivity contribution in [1.29, 1.82) is 0 Å². The molecular weight excluding hydrogens is 432 g/mol. The molecular formula is C27H30N2O5. The smallest absolute Gasteiger partial charge is 0.407 e. The van der Waals surface area contributed by atoms with Crippen LogP contribution in [0.25, 0.3) is 11.1 Å². The Morgan fingerprint density at radius 3 is 2.12 bits per heavy atom. The van der Waals surface area contributed by atoms with Crippen molar-refractivity contribution in [3.8, 4) is 11.1 Å². The van der Waals surface area contributed by atoms with Crippen molar-refractivity contribution in [1.82, 2.24) is 10.6 Å². The zero-order valence-electron chi connectivity index (χ0n) is 19.6. The summed E-state index contributed by atoms with van der Waals surface area (Å²) in [5.74, 6) is -1.63. The van der Waals surface area contributed by atoms with Crippen molar-refractivity contribution < 1.29 is 24.2 Å². The second-order valence-electron chi connectivity index (χ2n) is 8.48. The molecule has 178 valence electrons. The Morgan fingerprint density at radius 2 is 1.56 bits per heavy atom. The molecule has 0 saturated carbocycles. The largest absolute Gasteiger partial charge is 0.480 e. The number of carbonyl (C=O) groups excluding carboxylic acids is 2. The predicted molar refractivity (Wildman–Crippen MR) is 130 cm³/mol. The van der Waals surface area contributed by atoms with E-state index < -0.39 is 24.0 Å². The number of allylic oxidation sites excluding steroid dienone is 1. The number of aliphatic carboxylic acids is 1. The van der Waals surface area contributed by atoms with Gasteiger partial charge in [-0.1, -0.05) is 66.3 Å². The molecule has 0 bridgehead atoms. The van der Waals surface area contributed by atoms with Gasteiger partial charge in [0.05, 0.1) is 0 Å². The van der Waals surface area contributed by atoms with Crippen molar-refractivity contribution in [2.75, 3.05) is 13.2 Å². The maximum absolute atomic E-state index is 12.3.